The van der Waals surface area contributed by atoms with E-state index in [0.717, 1.165) is 39.1 Å². The van der Waals surface area contributed by atoms with Gasteiger partial charge in [-0.05, 0) is 69.8 Å². The van der Waals surface area contributed by atoms with Crippen LogP contribution in [-0.4, -0.2) is 13.0 Å². The normalized spacial score (nSPS) is 11.0. The van der Waals surface area contributed by atoms with Crippen LogP contribution in [0, 0.1) is 11.3 Å². The van der Waals surface area contributed by atoms with E-state index in [-0.39, 0.29) is 5.57 Å². The maximum absolute atomic E-state index is 12.7. The van der Waals surface area contributed by atoms with E-state index in [4.69, 9.17) is 9.47 Å². The van der Waals surface area contributed by atoms with Gasteiger partial charge in [0.15, 0.2) is 0 Å². The molecular weight excluding hydrogens is 460 g/mol. The zero-order valence-electron chi connectivity index (χ0n) is 20.7. The Bertz CT molecular complexity index is 1480. The maximum atomic E-state index is 12.7. The van der Waals surface area contributed by atoms with E-state index >= 15 is 0 Å². The Labute approximate surface area is 217 Å². The summed E-state index contributed by atoms with van der Waals surface area (Å²) in [5, 5.41) is 14.7. The van der Waals surface area contributed by atoms with Crippen LogP contribution in [0.3, 0.4) is 0 Å². The molecule has 0 aliphatic heterocycles. The Morgan fingerprint density at radius 2 is 1.78 bits per heavy atom. The lowest BCUT2D eigenvalue weighted by Crippen LogP contribution is -2.23. The van der Waals surface area contributed by atoms with E-state index in [2.05, 4.69) is 36.2 Å². The van der Waals surface area contributed by atoms with Crippen molar-refractivity contribution in [3.8, 4) is 17.6 Å². The summed E-state index contributed by atoms with van der Waals surface area (Å²) in [6, 6.07) is 29.5. The Morgan fingerprint density at radius 3 is 2.54 bits per heavy atom. The molecular formula is C32H28N2O3. The summed E-state index contributed by atoms with van der Waals surface area (Å²) in [5.41, 5.74) is 3.72. The van der Waals surface area contributed by atoms with E-state index in [1.165, 1.54) is 5.39 Å². The van der Waals surface area contributed by atoms with Crippen molar-refractivity contribution in [2.24, 2.45) is 0 Å². The molecule has 0 spiro atoms. The third-order valence-corrected chi connectivity index (χ3v) is 6.00. The van der Waals surface area contributed by atoms with Crippen molar-refractivity contribution in [2.45, 2.75) is 19.6 Å². The largest absolute Gasteiger partial charge is 0.497 e. The highest BCUT2D eigenvalue weighted by atomic mass is 16.5. The van der Waals surface area contributed by atoms with Gasteiger partial charge in [0, 0.05) is 6.54 Å². The molecule has 0 fully saturated rings. The van der Waals surface area contributed by atoms with Crippen molar-refractivity contribution in [3.63, 3.8) is 0 Å². The van der Waals surface area contributed by atoms with Crippen molar-refractivity contribution < 1.29 is 14.3 Å². The summed E-state index contributed by atoms with van der Waals surface area (Å²) in [5.74, 6) is 1.06. The number of benzene rings is 4. The molecule has 5 heteroatoms. The Balaban J connectivity index is 1.48. The molecule has 0 saturated carbocycles. The second kappa shape index (κ2) is 12.2. The van der Waals surface area contributed by atoms with Crippen molar-refractivity contribution in [2.75, 3.05) is 7.11 Å². The van der Waals surface area contributed by atoms with Gasteiger partial charge in [0.25, 0.3) is 5.91 Å². The number of hydrogen-bond acceptors (Lipinski definition) is 4. The standard InChI is InChI=1S/C32H28N2O3/c1-3-7-26-18-24(19-28(20-33)32(35)34-21-23-12-15-29(36-2)16-13-23)14-17-31(26)37-22-27-10-6-9-25-8-4-5-11-30(25)27/h3-6,8-19H,1,7,21-22H2,2H3,(H,34,35)/b28-19-. The number of carbonyl (C=O) groups is 1. The monoisotopic (exact) mass is 488 g/mol. The quantitative estimate of drug-likeness (QED) is 0.160. The zero-order chi connectivity index (χ0) is 26.0. The lowest BCUT2D eigenvalue weighted by Gasteiger charge is -2.13. The summed E-state index contributed by atoms with van der Waals surface area (Å²) in [6.45, 7) is 4.60. The number of carbonyl (C=O) groups excluding carboxylic acids is 1. The number of nitrogens with one attached hydrogen (secondary N) is 1. The molecule has 0 aliphatic carbocycles. The van der Waals surface area contributed by atoms with Gasteiger partial charge in [0.1, 0.15) is 29.7 Å². The molecule has 1 N–H and O–H groups in total. The molecule has 4 aromatic carbocycles. The Hall–Kier alpha value is -4.82. The molecule has 5 nitrogen and oxygen atoms in total. The van der Waals surface area contributed by atoms with Crippen LogP contribution in [-0.2, 0) is 24.4 Å². The minimum Gasteiger partial charge on any atom is -0.497 e. The third-order valence-electron chi connectivity index (χ3n) is 6.00. The average molecular weight is 489 g/mol. The van der Waals surface area contributed by atoms with Crippen LogP contribution in [0.1, 0.15) is 22.3 Å². The second-order valence-corrected chi connectivity index (χ2v) is 8.49. The molecule has 0 radical (unpaired) electrons. The van der Waals surface area contributed by atoms with Crippen molar-refractivity contribution in [1.82, 2.24) is 5.32 Å². The number of rotatable bonds is 10. The number of nitriles is 1. The molecule has 0 aromatic heterocycles. The number of allylic oxidation sites excluding steroid dienone is 1. The molecule has 0 atom stereocenters. The Morgan fingerprint density at radius 1 is 1.00 bits per heavy atom. The summed E-state index contributed by atoms with van der Waals surface area (Å²) < 4.78 is 11.4. The molecule has 0 unspecified atom stereocenters. The molecule has 1 amide bonds. The van der Waals surface area contributed by atoms with Crippen LogP contribution >= 0.6 is 0 Å². The van der Waals surface area contributed by atoms with Crippen LogP contribution in [0.15, 0.2) is 103 Å². The SMILES string of the molecule is C=CCc1cc(/C=C(/C#N)C(=O)NCc2ccc(OC)cc2)ccc1OCc1cccc2ccccc12. The number of fused-ring (bicyclic) bond motifs is 1. The first-order chi connectivity index (χ1) is 18.1. The van der Waals surface area contributed by atoms with E-state index in [1.54, 1.807) is 19.3 Å². The highest BCUT2D eigenvalue weighted by Crippen LogP contribution is 2.26. The predicted octanol–water partition coefficient (Wildman–Crippen LogP) is 6.38. The lowest BCUT2D eigenvalue weighted by molar-refractivity contribution is -0.117. The number of methoxy groups -OCH3 is 1. The number of amides is 1. The fourth-order valence-electron chi connectivity index (χ4n) is 4.06. The van der Waals surface area contributed by atoms with E-state index in [0.29, 0.717) is 19.6 Å². The topological polar surface area (TPSA) is 71.4 Å². The van der Waals surface area contributed by atoms with Crippen LogP contribution in [0.25, 0.3) is 16.8 Å². The van der Waals surface area contributed by atoms with Crippen LogP contribution in [0.4, 0.5) is 0 Å². The number of hydrogen-bond donors (Lipinski definition) is 1. The van der Waals surface area contributed by atoms with Gasteiger partial charge in [-0.15, -0.1) is 6.58 Å². The zero-order valence-corrected chi connectivity index (χ0v) is 20.7. The third kappa shape index (κ3) is 6.45. The van der Waals surface area contributed by atoms with Crippen LogP contribution < -0.4 is 14.8 Å². The first kappa shape index (κ1) is 25.3. The number of ether oxygens (including phenoxy) is 2. The predicted molar refractivity (Wildman–Crippen MR) is 147 cm³/mol. The summed E-state index contributed by atoms with van der Waals surface area (Å²) >= 11 is 0. The van der Waals surface area contributed by atoms with Gasteiger partial charge < -0.3 is 14.8 Å². The fourth-order valence-corrected chi connectivity index (χ4v) is 4.06. The van der Waals surface area contributed by atoms with E-state index < -0.39 is 5.91 Å². The molecule has 0 bridgehead atoms. The van der Waals surface area contributed by atoms with E-state index in [9.17, 15) is 10.1 Å². The minimum absolute atomic E-state index is 0.0301. The summed E-state index contributed by atoms with van der Waals surface area (Å²) in [4.78, 5) is 12.7. The van der Waals surface area contributed by atoms with Crippen LogP contribution in [0.5, 0.6) is 11.5 Å². The number of nitrogens with zero attached hydrogens (tertiary/aromatic N) is 1. The van der Waals surface area contributed by atoms with Gasteiger partial charge in [0.05, 0.1) is 7.11 Å². The average Bonchev–Trinajstić information content (AvgIpc) is 2.94. The fraction of sp³-hybridized carbons (Fsp3) is 0.125. The van der Waals surface area contributed by atoms with Gasteiger partial charge in [0.2, 0.25) is 0 Å². The second-order valence-electron chi connectivity index (χ2n) is 8.49. The van der Waals surface area contributed by atoms with Crippen molar-refractivity contribution in [1.29, 1.82) is 5.26 Å². The first-order valence-electron chi connectivity index (χ1n) is 12.0. The molecule has 0 aliphatic rings. The molecule has 37 heavy (non-hydrogen) atoms. The molecule has 0 saturated heterocycles. The van der Waals surface area contributed by atoms with Gasteiger partial charge in [-0.3, -0.25) is 4.79 Å². The Kier molecular flexibility index (Phi) is 8.36. The van der Waals surface area contributed by atoms with Crippen molar-refractivity contribution >= 4 is 22.8 Å². The maximum Gasteiger partial charge on any atom is 0.262 e. The molecule has 0 heterocycles. The van der Waals surface area contributed by atoms with E-state index in [1.807, 2.05) is 66.7 Å². The van der Waals surface area contributed by atoms with Gasteiger partial charge >= 0.3 is 0 Å². The highest BCUT2D eigenvalue weighted by Gasteiger charge is 2.11. The lowest BCUT2D eigenvalue weighted by atomic mass is 10.0. The minimum atomic E-state index is -0.431. The van der Waals surface area contributed by atoms with Crippen LogP contribution in [0.2, 0.25) is 0 Å². The first-order valence-corrected chi connectivity index (χ1v) is 12.0. The van der Waals surface area contributed by atoms with Gasteiger partial charge in [-0.25, -0.2) is 0 Å². The molecule has 4 rings (SSSR count). The smallest absolute Gasteiger partial charge is 0.262 e. The summed E-state index contributed by atoms with van der Waals surface area (Å²) in [6.07, 6.45) is 3.99. The van der Waals surface area contributed by atoms with Gasteiger partial charge in [-0.1, -0.05) is 66.7 Å². The molecule has 184 valence electrons. The molecule has 4 aromatic rings. The summed E-state index contributed by atoms with van der Waals surface area (Å²) in [7, 11) is 1.60. The highest BCUT2D eigenvalue weighted by molar-refractivity contribution is 6.01. The van der Waals surface area contributed by atoms with Crippen molar-refractivity contribution in [3.05, 3.63) is 125 Å². The van der Waals surface area contributed by atoms with Gasteiger partial charge in [-0.2, -0.15) is 5.26 Å².